The number of aromatic nitrogens is 2. The maximum Gasteiger partial charge on any atom is 0.201 e. The lowest BCUT2D eigenvalue weighted by atomic mass is 9.96. The fraction of sp³-hybridized carbons (Fsp3) is 0.560. The molecular formula is C25H36FN7O2S. The molecule has 196 valence electrons. The summed E-state index contributed by atoms with van der Waals surface area (Å²) in [6.45, 7) is 6.74. The summed E-state index contributed by atoms with van der Waals surface area (Å²) in [6, 6.07) is 4.07. The van der Waals surface area contributed by atoms with Crippen LogP contribution in [-0.2, 0) is 9.47 Å². The van der Waals surface area contributed by atoms with Crippen LogP contribution in [0.3, 0.4) is 0 Å². The molecule has 0 radical (unpaired) electrons. The molecule has 3 fully saturated rings. The molecule has 0 bridgehead atoms. The maximum atomic E-state index is 13.6. The van der Waals surface area contributed by atoms with Crippen LogP contribution in [0.2, 0.25) is 0 Å². The first kappa shape index (κ1) is 26.6. The van der Waals surface area contributed by atoms with Crippen LogP contribution in [0.1, 0.15) is 48.8 Å². The average Bonchev–Trinajstić information content (AvgIpc) is 3.81. The van der Waals surface area contributed by atoms with Gasteiger partial charge in [-0.2, -0.15) is 0 Å². The molecule has 2 aromatic heterocycles. The molecule has 2 aliphatic heterocycles. The Morgan fingerprint density at radius 3 is 2.39 bits per heavy atom. The summed E-state index contributed by atoms with van der Waals surface area (Å²) < 4.78 is 26.6. The number of rotatable bonds is 5. The normalized spacial score (nSPS) is 23.9. The highest BCUT2D eigenvalue weighted by atomic mass is 32.2. The van der Waals surface area contributed by atoms with Crippen molar-refractivity contribution in [3.05, 3.63) is 42.4 Å². The van der Waals surface area contributed by atoms with Crippen molar-refractivity contribution in [1.82, 2.24) is 18.8 Å². The number of methoxy groups -OCH3 is 1. The number of halogens is 1. The number of likely N-dealkylation sites (N-methyl/N-ethyl adjacent to an activating group) is 2. The van der Waals surface area contributed by atoms with Crippen LogP contribution in [0.15, 0.2) is 41.1 Å². The predicted molar refractivity (Wildman–Crippen MR) is 144 cm³/mol. The summed E-state index contributed by atoms with van der Waals surface area (Å²) in [5.74, 6) is 0.729. The van der Waals surface area contributed by atoms with Crippen LogP contribution in [0.4, 0.5) is 3.89 Å². The van der Waals surface area contributed by atoms with E-state index in [0.717, 1.165) is 49.0 Å². The van der Waals surface area contributed by atoms with E-state index in [1.165, 1.54) is 29.6 Å². The molecule has 2 aromatic rings. The van der Waals surface area contributed by atoms with Crippen LogP contribution in [0.5, 0.6) is 0 Å². The first-order valence-electron chi connectivity index (χ1n) is 12.3. The van der Waals surface area contributed by atoms with E-state index < -0.39 is 6.23 Å². The smallest absolute Gasteiger partial charge is 0.201 e. The number of hydrogen-bond acceptors (Lipinski definition) is 9. The van der Waals surface area contributed by atoms with Crippen molar-refractivity contribution in [1.29, 1.82) is 0 Å². The number of nitrogens with zero attached hydrogens (tertiary/aromatic N) is 6. The molecule has 2 unspecified atom stereocenters. The first-order valence-corrected chi connectivity index (χ1v) is 13.0. The van der Waals surface area contributed by atoms with Crippen molar-refractivity contribution in [2.24, 2.45) is 15.7 Å². The van der Waals surface area contributed by atoms with Gasteiger partial charge in [-0.3, -0.25) is 9.80 Å². The van der Waals surface area contributed by atoms with Gasteiger partial charge in [0.05, 0.1) is 19.9 Å². The highest BCUT2D eigenvalue weighted by molar-refractivity contribution is 7.92. The van der Waals surface area contributed by atoms with Gasteiger partial charge in [0.15, 0.2) is 24.2 Å². The molecule has 0 aromatic carbocycles. The van der Waals surface area contributed by atoms with E-state index in [2.05, 4.69) is 46.2 Å². The Bertz CT molecular complexity index is 1090. The van der Waals surface area contributed by atoms with E-state index in [0.29, 0.717) is 17.5 Å². The fourth-order valence-corrected chi connectivity index (χ4v) is 4.70. The molecule has 6 rings (SSSR count). The van der Waals surface area contributed by atoms with Crippen LogP contribution in [-0.4, -0.2) is 84.3 Å². The largest absolute Gasteiger partial charge is 0.483 e. The summed E-state index contributed by atoms with van der Waals surface area (Å²) in [7, 11) is 5.87. The van der Waals surface area contributed by atoms with E-state index in [9.17, 15) is 3.89 Å². The van der Waals surface area contributed by atoms with Crippen LogP contribution < -0.4 is 5.73 Å². The lowest BCUT2D eigenvalue weighted by molar-refractivity contribution is 0.0361. The maximum absolute atomic E-state index is 13.6. The Balaban J connectivity index is 0.000000258. The minimum absolute atomic E-state index is 0.154. The van der Waals surface area contributed by atoms with Gasteiger partial charge in [-0.15, -0.1) is 3.89 Å². The SMILES string of the molecule is C=CN.CN1CCN(C)C1.COC1=NC=NC(OC2CC2)C1c1cn(SF)c2nc(C3CC3)ccc12. The highest BCUT2D eigenvalue weighted by Gasteiger charge is 2.38. The average molecular weight is 518 g/mol. The van der Waals surface area contributed by atoms with Gasteiger partial charge in [-0.05, 0) is 63.7 Å². The Hall–Kier alpha value is -2.47. The Morgan fingerprint density at radius 1 is 1.17 bits per heavy atom. The van der Waals surface area contributed by atoms with E-state index >= 15 is 0 Å². The molecular weight excluding hydrogens is 481 g/mol. The third-order valence-corrected chi connectivity index (χ3v) is 6.87. The summed E-state index contributed by atoms with van der Waals surface area (Å²) in [5.41, 5.74) is 7.15. The van der Waals surface area contributed by atoms with Crippen molar-refractivity contribution in [3.63, 3.8) is 0 Å². The van der Waals surface area contributed by atoms with Crippen molar-refractivity contribution in [2.75, 3.05) is 41.0 Å². The van der Waals surface area contributed by atoms with Crippen molar-refractivity contribution in [2.45, 2.75) is 49.9 Å². The molecule has 36 heavy (non-hydrogen) atoms. The second-order valence-corrected chi connectivity index (χ2v) is 10.1. The molecule has 1 saturated heterocycles. The number of aliphatic imine (C=N–C) groups is 2. The topological polar surface area (TPSA) is 93.5 Å². The predicted octanol–water partition coefficient (Wildman–Crippen LogP) is 3.88. The van der Waals surface area contributed by atoms with Crippen molar-refractivity contribution in [3.8, 4) is 0 Å². The van der Waals surface area contributed by atoms with E-state index in [1.54, 1.807) is 13.3 Å². The molecule has 11 heteroatoms. The molecule has 2 saturated carbocycles. The highest BCUT2D eigenvalue weighted by Crippen LogP contribution is 2.42. The molecule has 0 amide bonds. The minimum Gasteiger partial charge on any atom is -0.483 e. The van der Waals surface area contributed by atoms with Gasteiger partial charge in [0.1, 0.15) is 12.3 Å². The summed E-state index contributed by atoms with van der Waals surface area (Å²) in [4.78, 5) is 18.0. The van der Waals surface area contributed by atoms with Gasteiger partial charge in [0.25, 0.3) is 0 Å². The Labute approximate surface area is 216 Å². The lowest BCUT2D eigenvalue weighted by Gasteiger charge is -2.26. The van der Waals surface area contributed by atoms with Crippen molar-refractivity contribution < 1.29 is 13.4 Å². The Kier molecular flexibility index (Phi) is 9.00. The zero-order chi connectivity index (χ0) is 25.7. The molecule has 9 nitrogen and oxygen atoms in total. The van der Waals surface area contributed by atoms with Gasteiger partial charge in [-0.25, -0.2) is 18.9 Å². The van der Waals surface area contributed by atoms with E-state index in [1.807, 2.05) is 12.1 Å². The van der Waals surface area contributed by atoms with Gasteiger partial charge in [-0.1, -0.05) is 6.58 Å². The van der Waals surface area contributed by atoms with Gasteiger partial charge >= 0.3 is 0 Å². The minimum atomic E-state index is -0.415. The zero-order valence-electron chi connectivity index (χ0n) is 21.2. The summed E-state index contributed by atoms with van der Waals surface area (Å²) in [6.07, 6.45) is 8.73. The second kappa shape index (κ2) is 12.2. The molecule has 2 aliphatic carbocycles. The fourth-order valence-electron chi connectivity index (χ4n) is 4.34. The number of hydrogen-bond donors (Lipinski definition) is 1. The third-order valence-electron chi connectivity index (χ3n) is 6.44. The Morgan fingerprint density at radius 2 is 1.86 bits per heavy atom. The monoisotopic (exact) mass is 517 g/mol. The van der Waals surface area contributed by atoms with E-state index in [-0.39, 0.29) is 24.4 Å². The molecule has 2 atom stereocenters. The molecule has 0 spiro atoms. The van der Waals surface area contributed by atoms with Crippen LogP contribution in [0, 0.1) is 0 Å². The number of pyridine rings is 1. The van der Waals surface area contributed by atoms with Gasteiger partial charge in [0.2, 0.25) is 5.90 Å². The van der Waals surface area contributed by atoms with Gasteiger partial charge < -0.3 is 15.2 Å². The standard InChI is InChI=1S/C18H19FN4O2S.C5H12N2.C2H5N/c1-24-17-15(18(21-9-20-17)25-11-4-5-11)13-8-23(26-19)16-12(13)6-7-14(22-16)10-2-3-10;1-6-3-4-7(2)5-6;1-2-3/h6-11,15,18H,2-5H2,1H3;3-5H2,1-2H3;2H,1,3H2. The van der Waals surface area contributed by atoms with Crippen molar-refractivity contribution >= 4 is 35.6 Å². The van der Waals surface area contributed by atoms with E-state index in [4.69, 9.17) is 14.5 Å². The zero-order valence-corrected chi connectivity index (χ0v) is 22.0. The molecule has 4 heterocycles. The van der Waals surface area contributed by atoms with Crippen LogP contribution in [0.25, 0.3) is 11.0 Å². The number of fused-ring (bicyclic) bond motifs is 1. The first-order chi connectivity index (χ1) is 17.5. The summed E-state index contributed by atoms with van der Waals surface area (Å²) >= 11 is 0.154. The second-order valence-electron chi connectivity index (χ2n) is 9.54. The number of ether oxygens (including phenoxy) is 2. The molecule has 2 N–H and O–H groups in total. The summed E-state index contributed by atoms with van der Waals surface area (Å²) in [5, 5.41) is 0.885. The molecule has 4 aliphatic rings. The number of nitrogens with two attached hydrogens (primary N) is 1. The quantitative estimate of drug-likeness (QED) is 0.643. The third kappa shape index (κ3) is 6.44. The van der Waals surface area contributed by atoms with Gasteiger partial charge in [0, 0.05) is 36.3 Å². The lowest BCUT2D eigenvalue weighted by Crippen LogP contribution is -2.31. The van der Waals surface area contributed by atoms with Crippen LogP contribution >= 0.6 is 12.3 Å².